The average Bonchev–Trinajstić information content (AvgIpc) is 2.80. The van der Waals surface area contributed by atoms with Gasteiger partial charge in [-0.15, -0.1) is 11.8 Å². The van der Waals surface area contributed by atoms with E-state index < -0.39 is 0 Å². The fourth-order valence-corrected chi connectivity index (χ4v) is 2.96. The molecule has 3 N–H and O–H groups in total. The number of carbonyl (C=O) groups excluding carboxylic acids is 1. The normalized spacial score (nSPS) is 23.1. The van der Waals surface area contributed by atoms with Crippen molar-refractivity contribution < 1.29 is 10.0 Å². The molecule has 0 aromatic rings. The summed E-state index contributed by atoms with van der Waals surface area (Å²) in [6, 6.07) is -0.0374. The molecule has 0 spiro atoms. The summed E-state index contributed by atoms with van der Waals surface area (Å²) in [6.45, 7) is 1.90. The van der Waals surface area contributed by atoms with Crippen molar-refractivity contribution in [1.82, 2.24) is 4.90 Å². The molecule has 0 aromatic carbocycles. The van der Waals surface area contributed by atoms with Crippen molar-refractivity contribution in [3.8, 4) is 0 Å². The Kier molecular flexibility index (Phi) is 4.92. The Morgan fingerprint density at radius 2 is 2.44 bits per heavy atom. The number of oxime groups is 1. The molecule has 1 amide bonds. The van der Waals surface area contributed by atoms with Crippen molar-refractivity contribution in [3.05, 3.63) is 0 Å². The molecule has 0 bridgehead atoms. The van der Waals surface area contributed by atoms with Gasteiger partial charge in [0.1, 0.15) is 5.84 Å². The smallest absolute Gasteiger partial charge is 0.235 e. The maximum absolute atomic E-state index is 12.0. The topological polar surface area (TPSA) is 78.9 Å². The molecule has 16 heavy (non-hydrogen) atoms. The van der Waals surface area contributed by atoms with Crippen LogP contribution in [0.4, 0.5) is 0 Å². The monoisotopic (exact) mass is 245 g/mol. The second kappa shape index (κ2) is 5.98. The number of nitrogens with two attached hydrogens (primary N) is 1. The maximum atomic E-state index is 12.0. The van der Waals surface area contributed by atoms with Crippen molar-refractivity contribution in [2.24, 2.45) is 10.9 Å². The van der Waals surface area contributed by atoms with Crippen LogP contribution in [0.2, 0.25) is 0 Å². The lowest BCUT2D eigenvalue weighted by Gasteiger charge is -2.26. The third-order valence-corrected chi connectivity index (χ3v) is 4.21. The molecule has 1 heterocycles. The minimum Gasteiger partial charge on any atom is -0.409 e. The van der Waals surface area contributed by atoms with Crippen molar-refractivity contribution in [2.75, 3.05) is 12.8 Å². The third-order valence-electron chi connectivity index (χ3n) is 2.85. The van der Waals surface area contributed by atoms with E-state index in [0.29, 0.717) is 6.42 Å². The molecule has 1 fully saturated rings. The van der Waals surface area contributed by atoms with Crippen LogP contribution >= 0.6 is 11.8 Å². The molecule has 1 aliphatic rings. The summed E-state index contributed by atoms with van der Waals surface area (Å²) in [7, 11) is 1.77. The van der Waals surface area contributed by atoms with Crippen LogP contribution in [0, 0.1) is 0 Å². The molecule has 1 aliphatic heterocycles. The molecule has 0 aliphatic carbocycles. The molecule has 5 nitrogen and oxygen atoms in total. The summed E-state index contributed by atoms with van der Waals surface area (Å²) in [5.74, 6) is 1.38. The first-order valence-electron chi connectivity index (χ1n) is 5.41. The number of amidine groups is 1. The highest BCUT2D eigenvalue weighted by Crippen LogP contribution is 2.28. The molecule has 1 rings (SSSR count). The Morgan fingerprint density at radius 1 is 1.75 bits per heavy atom. The van der Waals surface area contributed by atoms with Gasteiger partial charge >= 0.3 is 0 Å². The molecule has 6 heteroatoms. The van der Waals surface area contributed by atoms with Gasteiger partial charge in [-0.05, 0) is 25.5 Å². The van der Waals surface area contributed by atoms with E-state index in [-0.39, 0.29) is 23.0 Å². The minimum absolute atomic E-state index is 0.0374. The van der Waals surface area contributed by atoms with Gasteiger partial charge in [0, 0.05) is 19.5 Å². The van der Waals surface area contributed by atoms with Gasteiger partial charge < -0.3 is 15.8 Å². The number of hydrogen-bond acceptors (Lipinski definition) is 4. The van der Waals surface area contributed by atoms with Gasteiger partial charge in [0.2, 0.25) is 5.91 Å². The van der Waals surface area contributed by atoms with Crippen LogP contribution in [0.15, 0.2) is 5.16 Å². The largest absolute Gasteiger partial charge is 0.409 e. The van der Waals surface area contributed by atoms with E-state index >= 15 is 0 Å². The SMILES string of the molecule is CC(CC(N)=NO)N(C)C(=O)C1CCCS1. The van der Waals surface area contributed by atoms with Gasteiger partial charge in [-0.25, -0.2) is 0 Å². The van der Waals surface area contributed by atoms with Crippen LogP contribution in [-0.4, -0.2) is 45.9 Å². The summed E-state index contributed by atoms with van der Waals surface area (Å²) in [5, 5.41) is 11.5. The minimum atomic E-state index is -0.0374. The number of carbonyl (C=O) groups is 1. The molecule has 0 aromatic heterocycles. The highest BCUT2D eigenvalue weighted by atomic mass is 32.2. The second-order valence-electron chi connectivity index (χ2n) is 4.10. The first-order valence-corrected chi connectivity index (χ1v) is 6.45. The lowest BCUT2D eigenvalue weighted by molar-refractivity contribution is -0.130. The lowest BCUT2D eigenvalue weighted by Crippen LogP contribution is -2.41. The Hall–Kier alpha value is -0.910. The Morgan fingerprint density at radius 3 is 2.94 bits per heavy atom. The van der Waals surface area contributed by atoms with E-state index in [0.717, 1.165) is 18.6 Å². The van der Waals surface area contributed by atoms with E-state index in [4.69, 9.17) is 10.9 Å². The second-order valence-corrected chi connectivity index (χ2v) is 5.41. The lowest BCUT2D eigenvalue weighted by atomic mass is 10.1. The van der Waals surface area contributed by atoms with Crippen molar-refractivity contribution in [3.63, 3.8) is 0 Å². The molecular weight excluding hydrogens is 226 g/mol. The summed E-state index contributed by atoms with van der Waals surface area (Å²) < 4.78 is 0. The number of amides is 1. The molecule has 92 valence electrons. The van der Waals surface area contributed by atoms with Crippen LogP contribution in [0.5, 0.6) is 0 Å². The fraction of sp³-hybridized carbons (Fsp3) is 0.800. The predicted octanol–water partition coefficient (Wildman–Crippen LogP) is 0.865. The van der Waals surface area contributed by atoms with Crippen LogP contribution in [0.25, 0.3) is 0 Å². The van der Waals surface area contributed by atoms with Crippen molar-refractivity contribution in [1.29, 1.82) is 0 Å². The van der Waals surface area contributed by atoms with Gasteiger partial charge in [0.25, 0.3) is 0 Å². The summed E-state index contributed by atoms with van der Waals surface area (Å²) in [6.07, 6.45) is 2.48. The van der Waals surface area contributed by atoms with Gasteiger partial charge in [-0.2, -0.15) is 0 Å². The van der Waals surface area contributed by atoms with Gasteiger partial charge in [0.15, 0.2) is 0 Å². The zero-order chi connectivity index (χ0) is 12.1. The fourth-order valence-electron chi connectivity index (χ4n) is 1.70. The molecule has 2 atom stereocenters. The molecule has 0 radical (unpaired) electrons. The summed E-state index contributed by atoms with van der Waals surface area (Å²) >= 11 is 1.72. The zero-order valence-corrected chi connectivity index (χ0v) is 10.5. The van der Waals surface area contributed by atoms with Crippen molar-refractivity contribution in [2.45, 2.75) is 37.5 Å². The van der Waals surface area contributed by atoms with Crippen LogP contribution in [0.1, 0.15) is 26.2 Å². The zero-order valence-electron chi connectivity index (χ0n) is 9.72. The number of thioether (sulfide) groups is 1. The quantitative estimate of drug-likeness (QED) is 0.333. The summed E-state index contributed by atoms with van der Waals surface area (Å²) in [5.41, 5.74) is 5.42. The molecule has 1 saturated heterocycles. The van der Waals surface area contributed by atoms with E-state index in [1.165, 1.54) is 0 Å². The van der Waals surface area contributed by atoms with E-state index in [9.17, 15) is 4.79 Å². The highest BCUT2D eigenvalue weighted by molar-refractivity contribution is 8.00. The van der Waals surface area contributed by atoms with E-state index in [2.05, 4.69) is 5.16 Å². The number of nitrogens with zero attached hydrogens (tertiary/aromatic N) is 2. The van der Waals surface area contributed by atoms with Gasteiger partial charge in [-0.3, -0.25) is 4.79 Å². The molecule has 0 saturated carbocycles. The highest BCUT2D eigenvalue weighted by Gasteiger charge is 2.28. The summed E-state index contributed by atoms with van der Waals surface area (Å²) in [4.78, 5) is 13.7. The average molecular weight is 245 g/mol. The van der Waals surface area contributed by atoms with Gasteiger partial charge in [0.05, 0.1) is 5.25 Å². The van der Waals surface area contributed by atoms with Crippen molar-refractivity contribution >= 4 is 23.5 Å². The van der Waals surface area contributed by atoms with Crippen LogP contribution in [-0.2, 0) is 4.79 Å². The first kappa shape index (κ1) is 13.2. The number of hydrogen-bond donors (Lipinski definition) is 2. The Bertz CT molecular complexity index is 277. The standard InChI is InChI=1S/C10H19N3O2S/c1-7(6-9(11)12-15)13(2)10(14)8-4-3-5-16-8/h7-8,15H,3-6H2,1-2H3,(H2,11,12). The third kappa shape index (κ3) is 3.30. The maximum Gasteiger partial charge on any atom is 0.235 e. The molecular formula is C10H19N3O2S. The first-order chi connectivity index (χ1) is 7.56. The Balaban J connectivity index is 2.48. The van der Waals surface area contributed by atoms with E-state index in [1.54, 1.807) is 23.7 Å². The van der Waals surface area contributed by atoms with E-state index in [1.807, 2.05) is 6.92 Å². The van der Waals surface area contributed by atoms with Crippen LogP contribution < -0.4 is 5.73 Å². The number of rotatable bonds is 4. The van der Waals surface area contributed by atoms with Gasteiger partial charge in [-0.1, -0.05) is 5.16 Å². The predicted molar refractivity (Wildman–Crippen MR) is 65.7 cm³/mol. The van der Waals surface area contributed by atoms with Crippen LogP contribution in [0.3, 0.4) is 0 Å². The Labute approximate surface area is 100 Å². The molecule has 2 unspecified atom stereocenters.